The zero-order valence-corrected chi connectivity index (χ0v) is 36.3. The third-order valence-electron chi connectivity index (χ3n) is 13.4. The Balaban J connectivity index is 0.938. The van der Waals surface area contributed by atoms with Crippen LogP contribution in [0.5, 0.6) is 0 Å². The van der Waals surface area contributed by atoms with Gasteiger partial charge in [-0.15, -0.1) is 0 Å². The van der Waals surface area contributed by atoms with Crippen molar-refractivity contribution < 1.29 is 0 Å². The molecule has 0 saturated heterocycles. The molecule has 3 nitrogen and oxygen atoms in total. The third kappa shape index (κ3) is 5.22. The molecule has 14 aromatic rings. The Kier molecular flexibility index (Phi) is 7.70. The molecular weight excluding hydrogens is 842 g/mol. The number of para-hydroxylation sites is 4. The van der Waals surface area contributed by atoms with Gasteiger partial charge in [0.1, 0.15) is 0 Å². The Morgan fingerprint density at radius 3 is 1.27 bits per heavy atom. The van der Waals surface area contributed by atoms with Crippen LogP contribution in [0, 0.1) is 0 Å². The van der Waals surface area contributed by atoms with Gasteiger partial charge in [-0.25, -0.2) is 0 Å². The van der Waals surface area contributed by atoms with Crippen molar-refractivity contribution in [2.75, 3.05) is 0 Å². The zero-order chi connectivity index (χ0) is 41.9. The maximum atomic E-state index is 2.52. The monoisotopic (exact) mass is 879 g/mol. The summed E-state index contributed by atoms with van der Waals surface area (Å²) in [4.78, 5) is 0. The molecule has 4 aromatic heterocycles. The van der Waals surface area contributed by atoms with E-state index in [4.69, 9.17) is 0 Å². The Morgan fingerprint density at radius 1 is 0.250 bits per heavy atom. The number of rotatable bonds is 5. The molecule has 0 bridgehead atoms. The molecule has 4 heteroatoms. The first-order valence-electron chi connectivity index (χ1n) is 21.9. The summed E-state index contributed by atoms with van der Waals surface area (Å²) >= 11 is 0.222. The SMILES string of the molecule is c1ccc(-c2ccc(-c3ccc4[se]c5cccc(-n6c7ccccc7c7cc(-n8c9ccccc9c9cc(-n%10c%11ccccc%11c%11ccccc%11%10)ccc98)ccc76)c5c4c3)cc2)cc1. The molecule has 0 aliphatic heterocycles. The fourth-order valence-corrected chi connectivity index (χ4v) is 12.9. The first-order chi connectivity index (χ1) is 31.7. The molecule has 14 rings (SSSR count). The summed E-state index contributed by atoms with van der Waals surface area (Å²) in [6, 6.07) is 83.1. The van der Waals surface area contributed by atoms with E-state index in [9.17, 15) is 0 Å². The van der Waals surface area contributed by atoms with E-state index >= 15 is 0 Å². The van der Waals surface area contributed by atoms with Crippen molar-refractivity contribution in [1.29, 1.82) is 0 Å². The normalized spacial score (nSPS) is 12.1. The Labute approximate surface area is 374 Å². The van der Waals surface area contributed by atoms with Gasteiger partial charge in [-0.2, -0.15) is 0 Å². The van der Waals surface area contributed by atoms with Crippen LogP contribution in [0.3, 0.4) is 0 Å². The average Bonchev–Trinajstić information content (AvgIpc) is 4.10. The number of aromatic nitrogens is 3. The van der Waals surface area contributed by atoms with Gasteiger partial charge in [0, 0.05) is 16.5 Å². The topological polar surface area (TPSA) is 14.8 Å². The van der Waals surface area contributed by atoms with Gasteiger partial charge in [0.2, 0.25) is 0 Å². The van der Waals surface area contributed by atoms with E-state index in [1.54, 1.807) is 0 Å². The number of nitrogens with zero attached hydrogens (tertiary/aromatic N) is 3. The average molecular weight is 879 g/mol. The van der Waals surface area contributed by atoms with E-state index in [1.165, 1.54) is 113 Å². The van der Waals surface area contributed by atoms with Crippen molar-refractivity contribution in [3.05, 3.63) is 224 Å². The molecule has 0 aliphatic carbocycles. The summed E-state index contributed by atoms with van der Waals surface area (Å²) in [6.45, 7) is 0. The summed E-state index contributed by atoms with van der Waals surface area (Å²) in [7, 11) is 0. The summed E-state index contributed by atoms with van der Waals surface area (Å²) in [6.07, 6.45) is 0. The number of hydrogen-bond donors (Lipinski definition) is 0. The molecule has 0 saturated carbocycles. The van der Waals surface area contributed by atoms with Crippen LogP contribution in [0.4, 0.5) is 0 Å². The molecule has 64 heavy (non-hydrogen) atoms. The first kappa shape index (κ1) is 35.7. The quantitative estimate of drug-likeness (QED) is 0.153. The van der Waals surface area contributed by atoms with Crippen molar-refractivity contribution in [2.45, 2.75) is 0 Å². The molecule has 0 atom stereocenters. The molecule has 0 spiro atoms. The van der Waals surface area contributed by atoms with Gasteiger partial charge in [0.05, 0.1) is 11.0 Å². The van der Waals surface area contributed by atoms with Crippen LogP contribution in [-0.2, 0) is 0 Å². The standard InChI is InChI=1S/C60H37N3Se/c1-2-13-38(14-3-1)39-25-27-40(28-26-39)41-29-34-58-50(35-41)60-57(23-12-24-59(60)64-58)63-54-22-11-7-18-47(54)49-37-43(31-33-56(49)63)62-53-21-10-6-17-46(53)48-36-42(30-32-55(48)62)61-51-19-8-4-15-44(51)45-16-5-9-20-52(45)61/h1-37H. The minimum absolute atomic E-state index is 0.222. The number of hydrogen-bond acceptors (Lipinski definition) is 0. The Bertz CT molecular complexity index is 4130. The van der Waals surface area contributed by atoms with E-state index in [1.807, 2.05) is 0 Å². The fourth-order valence-electron chi connectivity index (χ4n) is 10.6. The van der Waals surface area contributed by atoms with E-state index < -0.39 is 0 Å². The zero-order valence-electron chi connectivity index (χ0n) is 34.6. The number of fused-ring (bicyclic) bond motifs is 12. The van der Waals surface area contributed by atoms with Gasteiger partial charge in [-0.1, -0.05) is 42.5 Å². The molecule has 10 aromatic carbocycles. The van der Waals surface area contributed by atoms with Crippen molar-refractivity contribution >= 4 is 99.2 Å². The second-order valence-corrected chi connectivity index (χ2v) is 19.2. The van der Waals surface area contributed by atoms with Gasteiger partial charge in [0.25, 0.3) is 0 Å². The van der Waals surface area contributed by atoms with Crippen LogP contribution in [0.2, 0.25) is 0 Å². The van der Waals surface area contributed by atoms with Crippen LogP contribution >= 0.6 is 0 Å². The molecule has 0 amide bonds. The molecular formula is C60H37N3Se. The molecule has 0 unspecified atom stereocenters. The van der Waals surface area contributed by atoms with E-state index in [0.717, 1.165) is 11.4 Å². The molecule has 4 heterocycles. The number of benzene rings is 10. The van der Waals surface area contributed by atoms with E-state index in [0.29, 0.717) is 0 Å². The van der Waals surface area contributed by atoms with Crippen molar-refractivity contribution in [3.63, 3.8) is 0 Å². The molecule has 0 radical (unpaired) electrons. The van der Waals surface area contributed by atoms with Crippen LogP contribution < -0.4 is 0 Å². The second-order valence-electron chi connectivity index (χ2n) is 16.9. The summed E-state index contributed by atoms with van der Waals surface area (Å²) < 4.78 is 10.3. The Morgan fingerprint density at radius 2 is 0.688 bits per heavy atom. The summed E-state index contributed by atoms with van der Waals surface area (Å²) in [5.41, 5.74) is 15.8. The minimum atomic E-state index is 0.222. The van der Waals surface area contributed by atoms with Crippen molar-refractivity contribution in [3.8, 4) is 39.3 Å². The van der Waals surface area contributed by atoms with Crippen LogP contribution in [0.15, 0.2) is 224 Å². The van der Waals surface area contributed by atoms with Crippen LogP contribution in [0.25, 0.3) is 124 Å². The van der Waals surface area contributed by atoms with Crippen molar-refractivity contribution in [1.82, 2.24) is 13.7 Å². The van der Waals surface area contributed by atoms with Crippen molar-refractivity contribution in [2.24, 2.45) is 0 Å². The third-order valence-corrected chi connectivity index (χ3v) is 15.8. The second kappa shape index (κ2) is 13.8. The van der Waals surface area contributed by atoms with Gasteiger partial charge < -0.3 is 4.57 Å². The molecule has 0 fully saturated rings. The van der Waals surface area contributed by atoms with Crippen LogP contribution in [0.1, 0.15) is 0 Å². The summed E-state index contributed by atoms with van der Waals surface area (Å²) in [5.74, 6) is 0. The molecule has 298 valence electrons. The summed E-state index contributed by atoms with van der Waals surface area (Å²) in [5, 5.41) is 10.2. The fraction of sp³-hybridized carbons (Fsp3) is 0. The first-order valence-corrected chi connectivity index (χ1v) is 23.6. The Hall–Kier alpha value is -7.88. The maximum absolute atomic E-state index is 2.52. The van der Waals surface area contributed by atoms with Crippen LogP contribution in [-0.4, -0.2) is 28.2 Å². The van der Waals surface area contributed by atoms with E-state index in [2.05, 4.69) is 238 Å². The predicted octanol–water partition coefficient (Wildman–Crippen LogP) is 15.7. The molecule has 0 N–H and O–H groups in total. The van der Waals surface area contributed by atoms with Gasteiger partial charge in [-0.05, 0) is 12.1 Å². The van der Waals surface area contributed by atoms with Gasteiger partial charge >= 0.3 is 290 Å². The van der Waals surface area contributed by atoms with E-state index in [-0.39, 0.29) is 14.5 Å². The van der Waals surface area contributed by atoms with Gasteiger partial charge in [0.15, 0.2) is 0 Å². The van der Waals surface area contributed by atoms with Gasteiger partial charge in [-0.3, -0.25) is 0 Å². The molecule has 0 aliphatic rings. The predicted molar refractivity (Wildman–Crippen MR) is 272 cm³/mol.